The zero-order chi connectivity index (χ0) is 7.91. The largest absolute Gasteiger partial charge is 1.00 e. The van der Waals surface area contributed by atoms with Gasteiger partial charge in [0.2, 0.25) is 0 Å². The van der Waals surface area contributed by atoms with Gasteiger partial charge in [0.15, 0.2) is 0 Å². The molecule has 58 valence electrons. The van der Waals surface area contributed by atoms with E-state index in [1.54, 1.807) is 0 Å². The predicted molar refractivity (Wildman–Crippen MR) is 38.0 cm³/mol. The van der Waals surface area contributed by atoms with E-state index in [0.29, 0.717) is 0 Å². The second-order valence-corrected chi connectivity index (χ2v) is 2.88. The van der Waals surface area contributed by atoms with E-state index >= 15 is 0 Å². The molecule has 10 heavy (non-hydrogen) atoms. The molecule has 0 heterocycles. The fraction of sp³-hybridized carbons (Fsp3) is 0.667. The Labute approximate surface area is 90.7 Å². The van der Waals surface area contributed by atoms with Gasteiger partial charge in [-0.25, -0.2) is 4.57 Å². The maximum atomic E-state index is 8.88. The van der Waals surface area contributed by atoms with Gasteiger partial charge >= 0.3 is 37.4 Å². The van der Waals surface area contributed by atoms with Crippen molar-refractivity contribution in [2.24, 2.45) is 0 Å². The average Bonchev–Trinajstić information content (AvgIpc) is 1.61. The van der Waals surface area contributed by atoms with Gasteiger partial charge in [-0.1, -0.05) is 15.9 Å². The fourth-order valence-electron chi connectivity index (χ4n) is 0. The SMILES string of the molecule is O=P(O)(O)O.[CH2-]CCBr.[Na+]. The predicted octanol–water partition coefficient (Wildman–Crippen LogP) is -2.32. The van der Waals surface area contributed by atoms with Crippen molar-refractivity contribution in [1.29, 1.82) is 0 Å². The van der Waals surface area contributed by atoms with Crippen LogP contribution in [0.25, 0.3) is 0 Å². The van der Waals surface area contributed by atoms with E-state index in [2.05, 4.69) is 22.9 Å². The van der Waals surface area contributed by atoms with Crippen LogP contribution in [0.3, 0.4) is 0 Å². The minimum Gasteiger partial charge on any atom is -0.343 e. The molecule has 0 saturated heterocycles. The summed E-state index contributed by atoms with van der Waals surface area (Å²) < 4.78 is 8.88. The van der Waals surface area contributed by atoms with Crippen molar-refractivity contribution in [1.82, 2.24) is 0 Å². The van der Waals surface area contributed by atoms with E-state index in [-0.39, 0.29) is 29.6 Å². The molecule has 0 unspecified atom stereocenters. The van der Waals surface area contributed by atoms with Crippen molar-refractivity contribution in [3.63, 3.8) is 0 Å². The summed E-state index contributed by atoms with van der Waals surface area (Å²) in [6.07, 6.45) is 0.986. The minimum atomic E-state index is -4.64. The normalized spacial score (nSPS) is 8.90. The first-order valence-electron chi connectivity index (χ1n) is 2.05. The second-order valence-electron chi connectivity index (χ2n) is 1.06. The number of hydrogen-bond acceptors (Lipinski definition) is 1. The smallest absolute Gasteiger partial charge is 0.343 e. The Hall–Kier alpha value is 1.59. The summed E-state index contributed by atoms with van der Waals surface area (Å²) in [7, 11) is -4.64. The molecule has 3 N–H and O–H groups in total. The van der Waals surface area contributed by atoms with E-state index in [9.17, 15) is 0 Å². The van der Waals surface area contributed by atoms with E-state index < -0.39 is 7.82 Å². The summed E-state index contributed by atoms with van der Waals surface area (Å²) in [6, 6.07) is 0. The molecule has 0 aliphatic rings. The van der Waals surface area contributed by atoms with Crippen LogP contribution >= 0.6 is 23.8 Å². The number of alkyl halides is 1. The zero-order valence-corrected chi connectivity index (χ0v) is 10.2. The summed E-state index contributed by atoms with van der Waals surface area (Å²) in [5, 5.41) is 1.02. The van der Waals surface area contributed by atoms with E-state index in [1.165, 1.54) is 0 Å². The van der Waals surface area contributed by atoms with Gasteiger partial charge < -0.3 is 21.6 Å². The number of phosphoric acid groups is 1. The standard InChI is InChI=1S/C3H6Br.Na.H3O4P/c1-2-3-4;;1-5(2,3)4/h1-3H2;;(H3,1,2,3,4)/q-1;+1;. The van der Waals surface area contributed by atoms with Crippen LogP contribution in [0.5, 0.6) is 0 Å². The molecule has 0 bridgehead atoms. The third kappa shape index (κ3) is 105. The number of rotatable bonds is 1. The molecule has 7 heteroatoms. The van der Waals surface area contributed by atoms with Crippen molar-refractivity contribution >= 4 is 23.8 Å². The molecule has 0 aromatic heterocycles. The van der Waals surface area contributed by atoms with Crippen molar-refractivity contribution in [2.75, 3.05) is 5.33 Å². The van der Waals surface area contributed by atoms with Crippen LogP contribution < -0.4 is 29.6 Å². The Kier molecular flexibility index (Phi) is 18.7. The third-order valence-electron chi connectivity index (χ3n) is 0.134. The van der Waals surface area contributed by atoms with E-state index in [4.69, 9.17) is 19.2 Å². The number of hydrogen-bond donors (Lipinski definition) is 3. The second kappa shape index (κ2) is 10.6. The van der Waals surface area contributed by atoms with E-state index in [0.717, 1.165) is 11.8 Å². The Bertz CT molecular complexity index is 84.2. The monoisotopic (exact) mass is 242 g/mol. The topological polar surface area (TPSA) is 77.8 Å². The van der Waals surface area contributed by atoms with Crippen molar-refractivity contribution in [3.05, 3.63) is 6.92 Å². The summed E-state index contributed by atoms with van der Waals surface area (Å²) in [6.45, 7) is 3.56. The van der Waals surface area contributed by atoms with Crippen molar-refractivity contribution in [2.45, 2.75) is 6.42 Å². The first kappa shape index (κ1) is 17.6. The van der Waals surface area contributed by atoms with Crippen LogP contribution in [0.2, 0.25) is 0 Å². The molecular weight excluding hydrogens is 234 g/mol. The van der Waals surface area contributed by atoms with Crippen LogP contribution in [0, 0.1) is 6.92 Å². The van der Waals surface area contributed by atoms with Crippen LogP contribution in [0.15, 0.2) is 0 Å². The van der Waals surface area contributed by atoms with Crippen molar-refractivity contribution in [3.8, 4) is 0 Å². The van der Waals surface area contributed by atoms with Gasteiger partial charge in [-0.15, -0.1) is 0 Å². The summed E-state index contributed by atoms with van der Waals surface area (Å²) in [5.41, 5.74) is 0. The van der Waals surface area contributed by atoms with E-state index in [1.807, 2.05) is 0 Å². The van der Waals surface area contributed by atoms with Gasteiger partial charge in [-0.3, -0.25) is 0 Å². The molecule has 0 atom stereocenters. The summed E-state index contributed by atoms with van der Waals surface area (Å²) in [4.78, 5) is 21.6. The third-order valence-corrected chi connectivity index (χ3v) is 0.694. The molecule has 0 aliphatic carbocycles. The quantitative estimate of drug-likeness (QED) is 0.209. The zero-order valence-electron chi connectivity index (χ0n) is 5.70. The summed E-state index contributed by atoms with van der Waals surface area (Å²) >= 11 is 3.19. The van der Waals surface area contributed by atoms with Gasteiger partial charge in [-0.2, -0.15) is 6.42 Å². The Morgan fingerprint density at radius 2 is 1.50 bits per heavy atom. The molecule has 0 spiro atoms. The Morgan fingerprint density at radius 3 is 1.50 bits per heavy atom. The van der Waals surface area contributed by atoms with Crippen molar-refractivity contribution < 1.29 is 48.8 Å². The maximum absolute atomic E-state index is 8.88. The molecule has 0 saturated carbocycles. The van der Waals surface area contributed by atoms with Crippen LogP contribution in [-0.2, 0) is 4.57 Å². The fourth-order valence-corrected chi connectivity index (χ4v) is 0. The summed E-state index contributed by atoms with van der Waals surface area (Å²) in [5.74, 6) is 0. The van der Waals surface area contributed by atoms with Gasteiger partial charge in [0, 0.05) is 0 Å². The number of halogens is 1. The minimum absolute atomic E-state index is 0. The molecular formula is C3H9BrNaO4P. The Morgan fingerprint density at radius 1 is 1.40 bits per heavy atom. The molecule has 4 nitrogen and oxygen atoms in total. The molecule has 0 fully saturated rings. The van der Waals surface area contributed by atoms with Crippen LogP contribution in [0.1, 0.15) is 6.42 Å². The first-order chi connectivity index (χ1) is 3.91. The molecule has 0 aliphatic heterocycles. The van der Waals surface area contributed by atoms with Gasteiger partial charge in [0.05, 0.1) is 0 Å². The van der Waals surface area contributed by atoms with Gasteiger partial charge in [0.25, 0.3) is 0 Å². The molecule has 0 aromatic carbocycles. The molecule has 0 aromatic rings. The Balaban J connectivity index is -0.0000000910. The average molecular weight is 243 g/mol. The van der Waals surface area contributed by atoms with Gasteiger partial charge in [0.1, 0.15) is 0 Å². The molecule has 0 rings (SSSR count). The van der Waals surface area contributed by atoms with Crippen LogP contribution in [0.4, 0.5) is 0 Å². The molecule has 0 radical (unpaired) electrons. The van der Waals surface area contributed by atoms with Gasteiger partial charge in [-0.05, 0) is 5.33 Å². The molecule has 0 amide bonds. The van der Waals surface area contributed by atoms with Crippen LogP contribution in [-0.4, -0.2) is 20.0 Å². The first-order valence-corrected chi connectivity index (χ1v) is 4.74. The maximum Gasteiger partial charge on any atom is 1.00 e.